The molecule has 0 aliphatic heterocycles. The molecular formula is C11H7FN2. The van der Waals surface area contributed by atoms with Crippen LogP contribution < -0.4 is 0 Å². The SMILES string of the molecule is Fc1cccc2ncc3cccn3c12. The van der Waals surface area contributed by atoms with Crippen molar-refractivity contribution in [3.8, 4) is 0 Å². The summed E-state index contributed by atoms with van der Waals surface area (Å²) in [4.78, 5) is 4.18. The Hall–Kier alpha value is -1.90. The van der Waals surface area contributed by atoms with Crippen molar-refractivity contribution >= 4 is 16.6 Å². The van der Waals surface area contributed by atoms with E-state index in [9.17, 15) is 4.39 Å². The minimum atomic E-state index is -0.239. The van der Waals surface area contributed by atoms with Crippen LogP contribution >= 0.6 is 0 Å². The predicted octanol–water partition coefficient (Wildman–Crippen LogP) is 2.63. The zero-order valence-corrected chi connectivity index (χ0v) is 7.31. The number of aromatic nitrogens is 2. The lowest BCUT2D eigenvalue weighted by Gasteiger charge is -2.02. The molecule has 3 heteroatoms. The first kappa shape index (κ1) is 7.50. The summed E-state index contributed by atoms with van der Waals surface area (Å²) in [6.45, 7) is 0. The van der Waals surface area contributed by atoms with Crippen LogP contribution in [0.15, 0.2) is 42.7 Å². The minimum Gasteiger partial charge on any atom is -0.311 e. The number of hydrogen-bond donors (Lipinski definition) is 0. The molecule has 0 aliphatic carbocycles. The quantitative estimate of drug-likeness (QED) is 0.527. The van der Waals surface area contributed by atoms with Crippen LogP contribution in [0.4, 0.5) is 4.39 Å². The Bertz CT molecular complexity index is 613. The van der Waals surface area contributed by atoms with Crippen molar-refractivity contribution in [3.63, 3.8) is 0 Å². The molecule has 0 unspecified atom stereocenters. The van der Waals surface area contributed by atoms with E-state index in [1.165, 1.54) is 6.07 Å². The summed E-state index contributed by atoms with van der Waals surface area (Å²) in [6.07, 6.45) is 3.57. The van der Waals surface area contributed by atoms with E-state index in [1.54, 1.807) is 22.7 Å². The van der Waals surface area contributed by atoms with Gasteiger partial charge in [-0.2, -0.15) is 0 Å². The lowest BCUT2D eigenvalue weighted by atomic mass is 10.3. The summed E-state index contributed by atoms with van der Waals surface area (Å²) in [5.74, 6) is -0.239. The summed E-state index contributed by atoms with van der Waals surface area (Å²) in [6, 6.07) is 8.70. The maximum Gasteiger partial charge on any atom is 0.149 e. The fraction of sp³-hybridized carbons (Fsp3) is 0. The highest BCUT2D eigenvalue weighted by Gasteiger charge is 2.04. The van der Waals surface area contributed by atoms with Crippen LogP contribution in [-0.4, -0.2) is 9.38 Å². The highest BCUT2D eigenvalue weighted by atomic mass is 19.1. The Morgan fingerprint density at radius 2 is 2.07 bits per heavy atom. The van der Waals surface area contributed by atoms with E-state index < -0.39 is 0 Å². The van der Waals surface area contributed by atoms with Gasteiger partial charge in [0.25, 0.3) is 0 Å². The second-order valence-corrected chi connectivity index (χ2v) is 3.17. The smallest absolute Gasteiger partial charge is 0.149 e. The van der Waals surface area contributed by atoms with E-state index in [1.807, 2.05) is 18.3 Å². The highest BCUT2D eigenvalue weighted by Crippen LogP contribution is 2.17. The van der Waals surface area contributed by atoms with Gasteiger partial charge in [0.2, 0.25) is 0 Å². The van der Waals surface area contributed by atoms with Crippen molar-refractivity contribution in [1.29, 1.82) is 0 Å². The molecule has 2 aromatic heterocycles. The maximum absolute atomic E-state index is 13.5. The van der Waals surface area contributed by atoms with Crippen LogP contribution in [0.5, 0.6) is 0 Å². The second kappa shape index (κ2) is 2.54. The molecule has 0 fully saturated rings. The molecule has 0 saturated heterocycles. The van der Waals surface area contributed by atoms with Gasteiger partial charge in [0.15, 0.2) is 0 Å². The highest BCUT2D eigenvalue weighted by molar-refractivity contribution is 5.78. The molecular weight excluding hydrogens is 179 g/mol. The Morgan fingerprint density at radius 3 is 3.00 bits per heavy atom. The summed E-state index contributed by atoms with van der Waals surface area (Å²) < 4.78 is 15.3. The van der Waals surface area contributed by atoms with Crippen molar-refractivity contribution in [2.24, 2.45) is 0 Å². The molecule has 0 amide bonds. The number of hydrogen-bond acceptors (Lipinski definition) is 1. The molecule has 0 N–H and O–H groups in total. The summed E-state index contributed by atoms with van der Waals surface area (Å²) >= 11 is 0. The minimum absolute atomic E-state index is 0.239. The van der Waals surface area contributed by atoms with Gasteiger partial charge < -0.3 is 4.40 Å². The van der Waals surface area contributed by atoms with E-state index in [0.29, 0.717) is 11.0 Å². The van der Waals surface area contributed by atoms with E-state index in [4.69, 9.17) is 0 Å². The molecule has 0 bridgehead atoms. The summed E-state index contributed by atoms with van der Waals surface area (Å²) in [5.41, 5.74) is 2.12. The maximum atomic E-state index is 13.5. The topological polar surface area (TPSA) is 17.3 Å². The fourth-order valence-electron chi connectivity index (χ4n) is 1.69. The molecule has 3 rings (SSSR count). The van der Waals surface area contributed by atoms with Crippen molar-refractivity contribution in [2.45, 2.75) is 0 Å². The van der Waals surface area contributed by atoms with Gasteiger partial charge >= 0.3 is 0 Å². The van der Waals surface area contributed by atoms with Gasteiger partial charge in [0, 0.05) is 6.20 Å². The molecule has 1 aromatic carbocycles. The molecule has 0 saturated carbocycles. The first-order valence-electron chi connectivity index (χ1n) is 4.36. The number of para-hydroxylation sites is 1. The van der Waals surface area contributed by atoms with Gasteiger partial charge in [0.05, 0.1) is 17.2 Å². The molecule has 2 nitrogen and oxygen atoms in total. The Kier molecular flexibility index (Phi) is 1.36. The summed E-state index contributed by atoms with van der Waals surface area (Å²) in [5, 5.41) is 0. The van der Waals surface area contributed by atoms with Gasteiger partial charge in [-0.3, -0.25) is 4.98 Å². The van der Waals surface area contributed by atoms with E-state index in [0.717, 1.165) is 5.52 Å². The van der Waals surface area contributed by atoms with Gasteiger partial charge in [-0.15, -0.1) is 0 Å². The monoisotopic (exact) mass is 186 g/mol. The number of nitrogens with zero attached hydrogens (tertiary/aromatic N) is 2. The van der Waals surface area contributed by atoms with Crippen molar-refractivity contribution in [3.05, 3.63) is 48.5 Å². The molecule has 68 valence electrons. The third kappa shape index (κ3) is 0.865. The lowest BCUT2D eigenvalue weighted by Crippen LogP contribution is -1.91. The van der Waals surface area contributed by atoms with Gasteiger partial charge in [-0.25, -0.2) is 4.39 Å². The van der Waals surface area contributed by atoms with Gasteiger partial charge in [-0.1, -0.05) is 6.07 Å². The Morgan fingerprint density at radius 1 is 1.14 bits per heavy atom. The fourth-order valence-corrected chi connectivity index (χ4v) is 1.69. The zero-order chi connectivity index (χ0) is 9.54. The molecule has 0 spiro atoms. The molecule has 0 radical (unpaired) electrons. The Balaban J connectivity index is 2.67. The van der Waals surface area contributed by atoms with E-state index >= 15 is 0 Å². The first-order valence-corrected chi connectivity index (χ1v) is 4.36. The normalized spacial score (nSPS) is 11.2. The molecule has 2 heterocycles. The lowest BCUT2D eigenvalue weighted by molar-refractivity contribution is 0.635. The number of benzene rings is 1. The Labute approximate surface area is 79.6 Å². The number of fused-ring (bicyclic) bond motifs is 3. The first-order chi connectivity index (χ1) is 6.86. The van der Waals surface area contributed by atoms with Gasteiger partial charge in [-0.05, 0) is 24.3 Å². The van der Waals surface area contributed by atoms with E-state index in [2.05, 4.69) is 4.98 Å². The van der Waals surface area contributed by atoms with Crippen LogP contribution in [-0.2, 0) is 0 Å². The van der Waals surface area contributed by atoms with Crippen LogP contribution in [0.3, 0.4) is 0 Å². The van der Waals surface area contributed by atoms with Crippen molar-refractivity contribution < 1.29 is 4.39 Å². The van der Waals surface area contributed by atoms with Crippen LogP contribution in [0, 0.1) is 5.82 Å². The summed E-state index contributed by atoms with van der Waals surface area (Å²) in [7, 11) is 0. The molecule has 3 aromatic rings. The van der Waals surface area contributed by atoms with Crippen LogP contribution in [0.2, 0.25) is 0 Å². The largest absolute Gasteiger partial charge is 0.311 e. The van der Waals surface area contributed by atoms with Crippen LogP contribution in [0.25, 0.3) is 16.6 Å². The third-order valence-electron chi connectivity index (χ3n) is 2.32. The number of halogens is 1. The van der Waals surface area contributed by atoms with Crippen molar-refractivity contribution in [2.75, 3.05) is 0 Å². The van der Waals surface area contributed by atoms with Crippen molar-refractivity contribution in [1.82, 2.24) is 9.38 Å². The average Bonchev–Trinajstić information content (AvgIpc) is 2.65. The van der Waals surface area contributed by atoms with Crippen LogP contribution in [0.1, 0.15) is 0 Å². The standard InChI is InChI=1S/C11H7FN2/c12-9-4-1-5-10-11(9)14-6-2-3-8(14)7-13-10/h1-7H. The zero-order valence-electron chi connectivity index (χ0n) is 7.31. The molecule has 0 atom stereocenters. The third-order valence-corrected chi connectivity index (χ3v) is 2.32. The second-order valence-electron chi connectivity index (χ2n) is 3.17. The average molecular weight is 186 g/mol. The number of rotatable bonds is 0. The molecule has 14 heavy (non-hydrogen) atoms. The van der Waals surface area contributed by atoms with Gasteiger partial charge in [0.1, 0.15) is 11.3 Å². The predicted molar refractivity (Wildman–Crippen MR) is 52.7 cm³/mol. The van der Waals surface area contributed by atoms with E-state index in [-0.39, 0.29) is 5.82 Å². The molecule has 0 aliphatic rings.